The first-order valence-electron chi connectivity index (χ1n) is 8.09. The summed E-state index contributed by atoms with van der Waals surface area (Å²) in [5.41, 5.74) is 0.531. The van der Waals surface area contributed by atoms with Gasteiger partial charge in [0.25, 0.3) is 5.91 Å². The van der Waals surface area contributed by atoms with Crippen molar-refractivity contribution < 1.29 is 18.4 Å². The fraction of sp³-hybridized carbons (Fsp3) is 0.333. The molecule has 0 bridgehead atoms. The van der Waals surface area contributed by atoms with Crippen molar-refractivity contribution >= 4 is 27.7 Å². The van der Waals surface area contributed by atoms with E-state index in [-0.39, 0.29) is 24.1 Å². The molecule has 1 saturated heterocycles. The SMILES string of the molecule is O=C(CCc1ccc(Br)cc1F)N1CCN(C(=O)c2ccco2)CC1. The molecule has 1 fully saturated rings. The van der Waals surface area contributed by atoms with Crippen LogP contribution in [0.2, 0.25) is 0 Å². The van der Waals surface area contributed by atoms with Gasteiger partial charge >= 0.3 is 0 Å². The summed E-state index contributed by atoms with van der Waals surface area (Å²) in [5, 5.41) is 0. The second kappa shape index (κ2) is 7.82. The highest BCUT2D eigenvalue weighted by atomic mass is 79.9. The van der Waals surface area contributed by atoms with Crippen molar-refractivity contribution in [3.8, 4) is 0 Å². The van der Waals surface area contributed by atoms with Crippen molar-refractivity contribution in [2.45, 2.75) is 12.8 Å². The molecule has 0 N–H and O–H groups in total. The van der Waals surface area contributed by atoms with Crippen LogP contribution in [-0.2, 0) is 11.2 Å². The summed E-state index contributed by atoms with van der Waals surface area (Å²) in [6.07, 6.45) is 2.09. The van der Waals surface area contributed by atoms with E-state index in [9.17, 15) is 14.0 Å². The van der Waals surface area contributed by atoms with Crippen LogP contribution >= 0.6 is 15.9 Å². The zero-order valence-corrected chi connectivity index (χ0v) is 15.2. The van der Waals surface area contributed by atoms with Gasteiger partial charge in [0.1, 0.15) is 5.82 Å². The minimum Gasteiger partial charge on any atom is -0.459 e. The monoisotopic (exact) mass is 408 g/mol. The van der Waals surface area contributed by atoms with Crippen LogP contribution in [0.4, 0.5) is 4.39 Å². The molecular weight excluding hydrogens is 391 g/mol. The third-order valence-corrected chi connectivity index (χ3v) is 4.77. The lowest BCUT2D eigenvalue weighted by Gasteiger charge is -2.34. The summed E-state index contributed by atoms with van der Waals surface area (Å²) in [6, 6.07) is 8.16. The maximum absolute atomic E-state index is 13.8. The molecule has 25 heavy (non-hydrogen) atoms. The summed E-state index contributed by atoms with van der Waals surface area (Å²) in [4.78, 5) is 27.9. The Labute approximate surface area is 153 Å². The largest absolute Gasteiger partial charge is 0.459 e. The highest BCUT2D eigenvalue weighted by Gasteiger charge is 2.25. The lowest BCUT2D eigenvalue weighted by Crippen LogP contribution is -2.50. The number of benzene rings is 1. The van der Waals surface area contributed by atoms with E-state index in [4.69, 9.17) is 4.42 Å². The number of carbonyl (C=O) groups excluding carboxylic acids is 2. The first-order chi connectivity index (χ1) is 12.0. The van der Waals surface area contributed by atoms with Crippen molar-refractivity contribution in [2.24, 2.45) is 0 Å². The van der Waals surface area contributed by atoms with Gasteiger partial charge in [0, 0.05) is 37.1 Å². The van der Waals surface area contributed by atoms with E-state index in [2.05, 4.69) is 15.9 Å². The lowest BCUT2D eigenvalue weighted by atomic mass is 10.1. The average Bonchev–Trinajstić information content (AvgIpc) is 3.15. The van der Waals surface area contributed by atoms with Gasteiger partial charge in [-0.2, -0.15) is 0 Å². The molecule has 1 aliphatic rings. The van der Waals surface area contributed by atoms with Gasteiger partial charge in [0.05, 0.1) is 6.26 Å². The highest BCUT2D eigenvalue weighted by molar-refractivity contribution is 9.10. The molecule has 0 unspecified atom stereocenters. The van der Waals surface area contributed by atoms with Crippen molar-refractivity contribution in [1.82, 2.24) is 9.80 Å². The molecular formula is C18H18BrFN2O3. The average molecular weight is 409 g/mol. The van der Waals surface area contributed by atoms with Gasteiger partial charge in [-0.1, -0.05) is 22.0 Å². The Balaban J connectivity index is 1.49. The Kier molecular flexibility index (Phi) is 5.53. The van der Waals surface area contributed by atoms with Gasteiger partial charge < -0.3 is 14.2 Å². The van der Waals surface area contributed by atoms with Crippen molar-refractivity contribution in [2.75, 3.05) is 26.2 Å². The number of furan rings is 1. The van der Waals surface area contributed by atoms with Crippen LogP contribution in [-0.4, -0.2) is 47.8 Å². The second-order valence-electron chi connectivity index (χ2n) is 5.89. The molecule has 2 amide bonds. The molecule has 1 aromatic heterocycles. The number of hydrogen-bond acceptors (Lipinski definition) is 3. The normalized spacial score (nSPS) is 14.6. The number of amides is 2. The van der Waals surface area contributed by atoms with E-state index in [1.807, 2.05) is 0 Å². The van der Waals surface area contributed by atoms with Crippen LogP contribution in [0.15, 0.2) is 45.5 Å². The number of piperazine rings is 1. The predicted octanol–water partition coefficient (Wildman–Crippen LogP) is 3.10. The Morgan fingerprint density at radius 2 is 1.84 bits per heavy atom. The lowest BCUT2D eigenvalue weighted by molar-refractivity contribution is -0.132. The zero-order chi connectivity index (χ0) is 17.8. The van der Waals surface area contributed by atoms with E-state index in [0.29, 0.717) is 48.4 Å². The van der Waals surface area contributed by atoms with Crippen LogP contribution in [0.3, 0.4) is 0 Å². The Morgan fingerprint density at radius 3 is 2.48 bits per heavy atom. The molecule has 2 aromatic rings. The predicted molar refractivity (Wildman–Crippen MR) is 93.6 cm³/mol. The van der Waals surface area contributed by atoms with Crippen molar-refractivity contribution in [1.29, 1.82) is 0 Å². The molecule has 1 aromatic carbocycles. The first kappa shape index (κ1) is 17.7. The van der Waals surface area contributed by atoms with Gasteiger partial charge in [-0.05, 0) is 36.2 Å². The highest BCUT2D eigenvalue weighted by Crippen LogP contribution is 2.17. The standard InChI is InChI=1S/C18H18BrFN2O3/c19-14-5-3-13(15(20)12-14)4-6-17(23)21-7-9-22(10-8-21)18(24)16-2-1-11-25-16/h1-3,5,11-12H,4,6-10H2. The number of halogens is 2. The number of hydrogen-bond donors (Lipinski definition) is 0. The van der Waals surface area contributed by atoms with E-state index in [0.717, 1.165) is 0 Å². The van der Waals surface area contributed by atoms with Crippen molar-refractivity contribution in [3.05, 3.63) is 58.2 Å². The minimum atomic E-state index is -0.309. The molecule has 0 aliphatic carbocycles. The zero-order valence-electron chi connectivity index (χ0n) is 13.6. The molecule has 7 heteroatoms. The van der Waals surface area contributed by atoms with E-state index < -0.39 is 0 Å². The number of aryl methyl sites for hydroxylation is 1. The number of rotatable bonds is 4. The van der Waals surface area contributed by atoms with Gasteiger partial charge in [-0.15, -0.1) is 0 Å². The van der Waals surface area contributed by atoms with E-state index in [1.165, 1.54) is 12.3 Å². The van der Waals surface area contributed by atoms with Crippen LogP contribution < -0.4 is 0 Å². The molecule has 0 radical (unpaired) electrons. The molecule has 5 nitrogen and oxygen atoms in total. The maximum Gasteiger partial charge on any atom is 0.289 e. The molecule has 0 saturated carbocycles. The van der Waals surface area contributed by atoms with Crippen LogP contribution in [0, 0.1) is 5.82 Å². The molecule has 1 aliphatic heterocycles. The van der Waals surface area contributed by atoms with Gasteiger partial charge in [-0.3, -0.25) is 9.59 Å². The summed E-state index contributed by atoms with van der Waals surface area (Å²) >= 11 is 3.22. The van der Waals surface area contributed by atoms with E-state index >= 15 is 0 Å². The smallest absolute Gasteiger partial charge is 0.289 e. The summed E-state index contributed by atoms with van der Waals surface area (Å²) in [5.74, 6) is -0.178. The van der Waals surface area contributed by atoms with E-state index in [1.54, 1.807) is 34.1 Å². The maximum atomic E-state index is 13.8. The second-order valence-corrected chi connectivity index (χ2v) is 6.80. The number of carbonyl (C=O) groups is 2. The Bertz CT molecular complexity index is 756. The summed E-state index contributed by atoms with van der Waals surface area (Å²) < 4.78 is 19.6. The van der Waals surface area contributed by atoms with Gasteiger partial charge in [0.2, 0.25) is 5.91 Å². The van der Waals surface area contributed by atoms with Crippen LogP contribution in [0.25, 0.3) is 0 Å². The molecule has 0 atom stereocenters. The topological polar surface area (TPSA) is 53.8 Å². The van der Waals surface area contributed by atoms with Gasteiger partial charge in [0.15, 0.2) is 5.76 Å². The molecule has 2 heterocycles. The summed E-state index contributed by atoms with van der Waals surface area (Å²) in [7, 11) is 0. The van der Waals surface area contributed by atoms with Crippen LogP contribution in [0.1, 0.15) is 22.5 Å². The fourth-order valence-corrected chi connectivity index (χ4v) is 3.17. The number of nitrogens with zero attached hydrogens (tertiary/aromatic N) is 2. The molecule has 132 valence electrons. The third-order valence-electron chi connectivity index (χ3n) is 4.27. The van der Waals surface area contributed by atoms with Gasteiger partial charge in [-0.25, -0.2) is 4.39 Å². The first-order valence-corrected chi connectivity index (χ1v) is 8.88. The quantitative estimate of drug-likeness (QED) is 0.780. The summed E-state index contributed by atoms with van der Waals surface area (Å²) in [6.45, 7) is 1.90. The van der Waals surface area contributed by atoms with Crippen LogP contribution in [0.5, 0.6) is 0 Å². The molecule has 3 rings (SSSR count). The van der Waals surface area contributed by atoms with Crippen molar-refractivity contribution in [3.63, 3.8) is 0 Å². The fourth-order valence-electron chi connectivity index (χ4n) is 2.84. The minimum absolute atomic E-state index is 0.0209. The third kappa shape index (κ3) is 4.28. The Morgan fingerprint density at radius 1 is 1.12 bits per heavy atom. The molecule has 0 spiro atoms. The Hall–Kier alpha value is -2.15.